The van der Waals surface area contributed by atoms with Crippen LogP contribution < -0.4 is 5.63 Å². The van der Waals surface area contributed by atoms with Crippen molar-refractivity contribution in [3.05, 3.63) is 63.7 Å². The number of rotatable bonds is 8. The van der Waals surface area contributed by atoms with Crippen molar-refractivity contribution in [1.82, 2.24) is 0 Å². The Hall–Kier alpha value is -2.03. The molecule has 1 atom stereocenters. The highest BCUT2D eigenvalue weighted by atomic mass is 16.4. The van der Waals surface area contributed by atoms with Gasteiger partial charge in [-0.05, 0) is 24.8 Å². The lowest BCUT2D eigenvalue weighted by Crippen LogP contribution is -2.15. The van der Waals surface area contributed by atoms with Gasteiger partial charge in [0.05, 0.1) is 5.56 Å². The van der Waals surface area contributed by atoms with Crippen molar-refractivity contribution in [3.63, 3.8) is 0 Å². The van der Waals surface area contributed by atoms with Gasteiger partial charge >= 0.3 is 5.63 Å². The summed E-state index contributed by atoms with van der Waals surface area (Å²) in [7, 11) is 0. The van der Waals surface area contributed by atoms with Crippen molar-refractivity contribution in [2.75, 3.05) is 0 Å². The fraction of sp³-hybridized carbons (Fsp3) is 0.476. The Morgan fingerprint density at radius 2 is 1.67 bits per heavy atom. The first-order valence-corrected chi connectivity index (χ1v) is 9.04. The van der Waals surface area contributed by atoms with Crippen molar-refractivity contribution < 1.29 is 9.52 Å². The van der Waals surface area contributed by atoms with Crippen LogP contribution in [0.3, 0.4) is 0 Å². The number of hydrogen-bond acceptors (Lipinski definition) is 3. The largest absolute Gasteiger partial charge is 0.507 e. The van der Waals surface area contributed by atoms with Gasteiger partial charge < -0.3 is 9.52 Å². The second-order valence-corrected chi connectivity index (χ2v) is 6.38. The molecule has 0 aliphatic heterocycles. The molecule has 3 nitrogen and oxygen atoms in total. The van der Waals surface area contributed by atoms with E-state index in [0.29, 0.717) is 11.3 Å². The van der Waals surface area contributed by atoms with Gasteiger partial charge in [-0.3, -0.25) is 0 Å². The molecule has 0 saturated carbocycles. The van der Waals surface area contributed by atoms with Gasteiger partial charge in [0.25, 0.3) is 0 Å². The lowest BCUT2D eigenvalue weighted by Gasteiger charge is -2.19. The zero-order valence-corrected chi connectivity index (χ0v) is 14.9. The molecule has 0 amide bonds. The second-order valence-electron chi connectivity index (χ2n) is 6.38. The summed E-state index contributed by atoms with van der Waals surface area (Å²) in [6, 6.07) is 11.5. The molecule has 0 bridgehead atoms. The average Bonchev–Trinajstić information content (AvgIpc) is 2.58. The maximum absolute atomic E-state index is 12.6. The first kappa shape index (κ1) is 18.3. The van der Waals surface area contributed by atoms with Crippen molar-refractivity contribution in [2.24, 2.45) is 0 Å². The monoisotopic (exact) mass is 328 g/mol. The highest BCUT2D eigenvalue weighted by molar-refractivity contribution is 5.40. The third-order valence-corrected chi connectivity index (χ3v) is 4.62. The zero-order valence-electron chi connectivity index (χ0n) is 14.9. The first-order valence-electron chi connectivity index (χ1n) is 9.04. The van der Waals surface area contributed by atoms with Crippen LogP contribution in [0.15, 0.2) is 45.6 Å². The van der Waals surface area contributed by atoms with Gasteiger partial charge in [-0.2, -0.15) is 0 Å². The second kappa shape index (κ2) is 8.72. The average molecular weight is 328 g/mol. The first-order chi connectivity index (χ1) is 11.6. The number of benzene rings is 1. The van der Waals surface area contributed by atoms with Crippen LogP contribution in [0.5, 0.6) is 5.75 Å². The van der Waals surface area contributed by atoms with E-state index in [1.165, 1.54) is 0 Å². The molecule has 3 heteroatoms. The van der Waals surface area contributed by atoms with E-state index in [1.54, 1.807) is 6.07 Å². The van der Waals surface area contributed by atoms with E-state index < -0.39 is 5.63 Å². The fourth-order valence-corrected chi connectivity index (χ4v) is 3.45. The summed E-state index contributed by atoms with van der Waals surface area (Å²) in [4.78, 5) is 12.6. The van der Waals surface area contributed by atoms with Gasteiger partial charge in [0.15, 0.2) is 0 Å². The minimum Gasteiger partial charge on any atom is -0.507 e. The smallest absolute Gasteiger partial charge is 0.343 e. The summed E-state index contributed by atoms with van der Waals surface area (Å²) < 4.78 is 5.65. The summed E-state index contributed by atoms with van der Waals surface area (Å²) in [6.07, 6.45) is 4.71. The summed E-state index contributed by atoms with van der Waals surface area (Å²) in [5, 5.41) is 10.6. The summed E-state index contributed by atoms with van der Waals surface area (Å²) >= 11 is 0. The normalized spacial score (nSPS) is 12.5. The van der Waals surface area contributed by atoms with Crippen molar-refractivity contribution >= 4 is 0 Å². The molecular weight excluding hydrogens is 300 g/mol. The van der Waals surface area contributed by atoms with Gasteiger partial charge in [-0.1, -0.05) is 63.9 Å². The Bertz CT molecular complexity index is 682. The van der Waals surface area contributed by atoms with Crippen molar-refractivity contribution in [2.45, 2.75) is 64.7 Å². The summed E-state index contributed by atoms with van der Waals surface area (Å²) in [5.41, 5.74) is 0.992. The van der Waals surface area contributed by atoms with Crippen LogP contribution in [0.4, 0.5) is 0 Å². The van der Waals surface area contributed by atoms with Crippen LogP contribution in [0.1, 0.15) is 81.6 Å². The van der Waals surface area contributed by atoms with E-state index in [0.717, 1.165) is 37.7 Å². The zero-order chi connectivity index (χ0) is 17.5. The van der Waals surface area contributed by atoms with Crippen LogP contribution in [-0.2, 0) is 0 Å². The van der Waals surface area contributed by atoms with Gasteiger partial charge in [-0.15, -0.1) is 0 Å². The molecule has 1 heterocycles. The van der Waals surface area contributed by atoms with Crippen LogP contribution in [0.2, 0.25) is 0 Å². The minimum absolute atomic E-state index is 0.0640. The molecule has 1 aromatic carbocycles. The molecule has 2 aromatic rings. The minimum atomic E-state index is -0.405. The van der Waals surface area contributed by atoms with E-state index in [2.05, 4.69) is 13.8 Å². The molecule has 24 heavy (non-hydrogen) atoms. The Balaban J connectivity index is 2.44. The Labute approximate surface area is 144 Å². The van der Waals surface area contributed by atoms with Crippen LogP contribution in [0, 0.1) is 0 Å². The summed E-state index contributed by atoms with van der Waals surface area (Å²) in [5.74, 6) is 0.735. The van der Waals surface area contributed by atoms with Crippen LogP contribution >= 0.6 is 0 Å². The maximum atomic E-state index is 12.6. The van der Waals surface area contributed by atoms with Crippen LogP contribution in [-0.4, -0.2) is 5.11 Å². The molecule has 1 unspecified atom stereocenters. The molecular formula is C21H28O3. The van der Waals surface area contributed by atoms with Gasteiger partial charge in [-0.25, -0.2) is 4.79 Å². The molecule has 0 fully saturated rings. The molecule has 0 aliphatic carbocycles. The van der Waals surface area contributed by atoms with E-state index in [9.17, 15) is 9.90 Å². The lowest BCUT2D eigenvalue weighted by molar-refractivity contribution is 0.369. The molecule has 0 spiro atoms. The maximum Gasteiger partial charge on any atom is 0.343 e. The van der Waals surface area contributed by atoms with Gasteiger partial charge in [0.2, 0.25) is 0 Å². The molecule has 0 radical (unpaired) electrons. The van der Waals surface area contributed by atoms with E-state index in [-0.39, 0.29) is 17.6 Å². The lowest BCUT2D eigenvalue weighted by atomic mass is 9.88. The van der Waals surface area contributed by atoms with Crippen molar-refractivity contribution in [1.29, 1.82) is 0 Å². The number of hydrogen-bond donors (Lipinski definition) is 1. The highest BCUT2D eigenvalue weighted by Crippen LogP contribution is 2.34. The highest BCUT2D eigenvalue weighted by Gasteiger charge is 2.23. The predicted octanol–water partition coefficient (Wildman–Crippen LogP) is 5.57. The van der Waals surface area contributed by atoms with E-state index in [1.807, 2.05) is 37.3 Å². The molecule has 0 aliphatic rings. The SMILES string of the molecule is CCCC(CCC)c1cc(O)c(C(CC)c2ccccc2)c(=O)o1. The third-order valence-electron chi connectivity index (χ3n) is 4.62. The van der Waals surface area contributed by atoms with Crippen LogP contribution in [0.25, 0.3) is 0 Å². The number of aromatic hydroxyl groups is 1. The van der Waals surface area contributed by atoms with Gasteiger partial charge in [0.1, 0.15) is 11.5 Å². The topological polar surface area (TPSA) is 50.4 Å². The quantitative estimate of drug-likeness (QED) is 0.689. The molecule has 130 valence electrons. The van der Waals surface area contributed by atoms with E-state index >= 15 is 0 Å². The molecule has 1 aromatic heterocycles. The third kappa shape index (κ3) is 4.08. The molecule has 0 saturated heterocycles. The molecule has 1 N–H and O–H groups in total. The van der Waals surface area contributed by atoms with E-state index in [4.69, 9.17) is 4.42 Å². The molecule has 2 rings (SSSR count). The Kier molecular flexibility index (Phi) is 6.65. The fourth-order valence-electron chi connectivity index (χ4n) is 3.45. The Morgan fingerprint density at radius 1 is 1.04 bits per heavy atom. The predicted molar refractivity (Wildman–Crippen MR) is 97.8 cm³/mol. The Morgan fingerprint density at radius 3 is 2.17 bits per heavy atom. The summed E-state index contributed by atoms with van der Waals surface area (Å²) in [6.45, 7) is 6.26. The van der Waals surface area contributed by atoms with Gasteiger partial charge in [0, 0.05) is 17.9 Å². The van der Waals surface area contributed by atoms with Crippen molar-refractivity contribution in [3.8, 4) is 5.75 Å². The standard InChI is InChI=1S/C21H28O3/c1-4-10-16(11-5-2)19-14-18(22)20(21(23)24-19)17(6-3)15-12-8-7-9-13-15/h7-9,12-14,16-17,22H,4-6,10-11H2,1-3H3.